The monoisotopic (exact) mass is 393 g/mol. The first-order chi connectivity index (χ1) is 13.8. The largest absolute Gasteiger partial charge is 0.512 e. The summed E-state index contributed by atoms with van der Waals surface area (Å²) < 4.78 is 4.71. The molecule has 9 nitrogen and oxygen atoms in total. The molecule has 1 aliphatic rings. The number of hydrogen-bond donors (Lipinski definition) is 1. The van der Waals surface area contributed by atoms with Crippen LogP contribution in [0.15, 0.2) is 69.8 Å². The summed E-state index contributed by atoms with van der Waals surface area (Å²) in [5, 5.41) is 20.9. The van der Waals surface area contributed by atoms with Gasteiger partial charge in [0.2, 0.25) is 0 Å². The van der Waals surface area contributed by atoms with Gasteiger partial charge in [0.1, 0.15) is 11.3 Å². The lowest BCUT2D eigenvalue weighted by atomic mass is 9.99. The van der Waals surface area contributed by atoms with Gasteiger partial charge in [0.15, 0.2) is 5.84 Å². The first kappa shape index (κ1) is 19.6. The Morgan fingerprint density at radius 3 is 2.45 bits per heavy atom. The number of aliphatic imine (C=N–C) groups is 2. The lowest BCUT2D eigenvalue weighted by Gasteiger charge is -2.07. The predicted octanol–water partition coefficient (Wildman–Crippen LogP) is 2.99. The van der Waals surface area contributed by atoms with Gasteiger partial charge < -0.3 is 9.84 Å². The minimum absolute atomic E-state index is 0.0229. The van der Waals surface area contributed by atoms with E-state index in [2.05, 4.69) is 9.98 Å². The molecule has 0 radical (unpaired) electrons. The lowest BCUT2D eigenvalue weighted by Crippen LogP contribution is -2.16. The summed E-state index contributed by atoms with van der Waals surface area (Å²) in [6.45, 7) is 1.32. The average molecular weight is 393 g/mol. The molecule has 0 aliphatic carbocycles. The van der Waals surface area contributed by atoms with Gasteiger partial charge in [-0.3, -0.25) is 14.9 Å². The maximum absolute atomic E-state index is 12.6. The number of benzene rings is 2. The molecule has 2 aromatic rings. The summed E-state index contributed by atoms with van der Waals surface area (Å²) in [6.07, 6.45) is 0. The van der Waals surface area contributed by atoms with Crippen molar-refractivity contribution in [3.05, 3.63) is 86.7 Å². The number of aliphatic hydroxyl groups excluding tert-OH is 1. The van der Waals surface area contributed by atoms with Gasteiger partial charge in [-0.05, 0) is 13.0 Å². The second-order valence-corrected chi connectivity index (χ2v) is 6.01. The molecule has 29 heavy (non-hydrogen) atoms. The number of amidine groups is 1. The Morgan fingerprint density at radius 2 is 1.83 bits per heavy atom. The smallest absolute Gasteiger partial charge is 0.343 e. The van der Waals surface area contributed by atoms with E-state index in [0.717, 1.165) is 6.07 Å². The SMILES string of the molecule is COC(=O)C(C1=NC(=NC(=O)c2cccc([N+](=O)[O-])c2)c2ccccc21)=C(C)O. The molecule has 0 spiro atoms. The number of carbonyl (C=O) groups excluding carboxylic acids is 2. The number of amides is 1. The number of aliphatic hydroxyl groups is 1. The average Bonchev–Trinajstić information content (AvgIpc) is 3.06. The third-order valence-electron chi connectivity index (χ3n) is 4.14. The minimum Gasteiger partial charge on any atom is -0.512 e. The summed E-state index contributed by atoms with van der Waals surface area (Å²) >= 11 is 0. The van der Waals surface area contributed by atoms with Crippen LogP contribution in [0, 0.1) is 10.1 Å². The summed E-state index contributed by atoms with van der Waals surface area (Å²) in [5.41, 5.74) is 0.732. The number of non-ortho nitro benzene ring substituents is 1. The molecule has 0 aromatic heterocycles. The fourth-order valence-electron chi connectivity index (χ4n) is 2.82. The van der Waals surface area contributed by atoms with E-state index in [1.165, 1.54) is 32.2 Å². The van der Waals surface area contributed by atoms with Gasteiger partial charge in [0, 0.05) is 28.8 Å². The third-order valence-corrected chi connectivity index (χ3v) is 4.14. The summed E-state index contributed by atoms with van der Waals surface area (Å²) in [4.78, 5) is 43.2. The first-order valence-corrected chi connectivity index (χ1v) is 8.38. The molecule has 0 bridgehead atoms. The van der Waals surface area contributed by atoms with E-state index in [0.29, 0.717) is 11.1 Å². The van der Waals surface area contributed by atoms with Gasteiger partial charge in [-0.2, -0.15) is 4.99 Å². The molecule has 0 unspecified atom stereocenters. The molecule has 0 saturated heterocycles. The highest BCUT2D eigenvalue weighted by molar-refractivity contribution is 6.36. The van der Waals surface area contributed by atoms with Gasteiger partial charge >= 0.3 is 5.97 Å². The summed E-state index contributed by atoms with van der Waals surface area (Å²) in [6, 6.07) is 11.9. The highest BCUT2D eigenvalue weighted by atomic mass is 16.6. The van der Waals surface area contributed by atoms with Crippen molar-refractivity contribution in [2.45, 2.75) is 6.92 Å². The van der Waals surface area contributed by atoms with Crippen LogP contribution >= 0.6 is 0 Å². The molecular formula is C20H15N3O6. The number of carbonyl (C=O) groups is 2. The fourth-order valence-corrected chi connectivity index (χ4v) is 2.82. The van der Waals surface area contributed by atoms with E-state index in [-0.39, 0.29) is 34.1 Å². The number of nitrogens with zero attached hydrogens (tertiary/aromatic N) is 3. The van der Waals surface area contributed by atoms with Crippen molar-refractivity contribution < 1.29 is 24.4 Å². The Kier molecular flexibility index (Phi) is 5.31. The van der Waals surface area contributed by atoms with Crippen LogP contribution in [-0.4, -0.2) is 40.6 Å². The number of esters is 1. The Bertz CT molecular complexity index is 1130. The van der Waals surface area contributed by atoms with E-state index in [1.54, 1.807) is 24.3 Å². The topological polar surface area (TPSA) is 131 Å². The zero-order chi connectivity index (χ0) is 21.1. The van der Waals surface area contributed by atoms with Crippen molar-refractivity contribution in [1.29, 1.82) is 0 Å². The van der Waals surface area contributed by atoms with E-state index in [1.807, 2.05) is 0 Å². The number of methoxy groups -OCH3 is 1. The molecule has 1 aliphatic heterocycles. The molecule has 3 rings (SSSR count). The molecule has 2 aromatic carbocycles. The zero-order valence-corrected chi connectivity index (χ0v) is 15.4. The van der Waals surface area contributed by atoms with Crippen LogP contribution in [0.4, 0.5) is 5.69 Å². The maximum Gasteiger partial charge on any atom is 0.343 e. The minimum atomic E-state index is -0.787. The van der Waals surface area contributed by atoms with Gasteiger partial charge in [-0.25, -0.2) is 9.79 Å². The molecule has 1 heterocycles. The highest BCUT2D eigenvalue weighted by Crippen LogP contribution is 2.26. The quantitative estimate of drug-likeness (QED) is 0.279. The number of ether oxygens (including phenoxy) is 1. The molecule has 1 amide bonds. The zero-order valence-electron chi connectivity index (χ0n) is 15.4. The van der Waals surface area contributed by atoms with Crippen LogP contribution in [0.2, 0.25) is 0 Å². The molecule has 9 heteroatoms. The Labute approximate surface area is 164 Å². The molecule has 0 fully saturated rings. The Hall–Kier alpha value is -4.14. The molecule has 0 atom stereocenters. The van der Waals surface area contributed by atoms with Crippen molar-refractivity contribution in [2.75, 3.05) is 7.11 Å². The molecule has 1 N–H and O–H groups in total. The van der Waals surface area contributed by atoms with E-state index >= 15 is 0 Å². The maximum atomic E-state index is 12.6. The van der Waals surface area contributed by atoms with E-state index < -0.39 is 16.8 Å². The normalized spacial score (nSPS) is 14.7. The fraction of sp³-hybridized carbons (Fsp3) is 0.100. The first-order valence-electron chi connectivity index (χ1n) is 8.38. The van der Waals surface area contributed by atoms with Crippen molar-refractivity contribution in [1.82, 2.24) is 0 Å². The highest BCUT2D eigenvalue weighted by Gasteiger charge is 2.30. The van der Waals surface area contributed by atoms with Crippen LogP contribution in [0.1, 0.15) is 28.4 Å². The van der Waals surface area contributed by atoms with Gasteiger partial charge in [0.25, 0.3) is 11.6 Å². The molecule has 146 valence electrons. The number of allylic oxidation sites excluding steroid dienone is 1. The number of hydrogen-bond acceptors (Lipinski definition) is 6. The van der Waals surface area contributed by atoms with Gasteiger partial charge in [-0.15, -0.1) is 0 Å². The van der Waals surface area contributed by atoms with Crippen molar-refractivity contribution in [2.24, 2.45) is 9.98 Å². The van der Waals surface area contributed by atoms with Crippen molar-refractivity contribution in [3.8, 4) is 0 Å². The van der Waals surface area contributed by atoms with Crippen LogP contribution in [-0.2, 0) is 9.53 Å². The Morgan fingerprint density at radius 1 is 1.14 bits per heavy atom. The van der Waals surface area contributed by atoms with Crippen LogP contribution in [0.5, 0.6) is 0 Å². The van der Waals surface area contributed by atoms with Crippen LogP contribution in [0.25, 0.3) is 0 Å². The lowest BCUT2D eigenvalue weighted by molar-refractivity contribution is -0.384. The number of fused-ring (bicyclic) bond motifs is 1. The standard InChI is InChI=1S/C20H15N3O6/c1-11(24)16(20(26)29-2)17-14-8-3-4-9-15(14)18(21-17)22-19(25)12-6-5-7-13(10-12)23(27)28/h3-10,24H,1-2H3. The molecular weight excluding hydrogens is 378 g/mol. The van der Waals surface area contributed by atoms with Gasteiger partial charge in [-0.1, -0.05) is 30.3 Å². The number of nitro benzene ring substituents is 1. The summed E-state index contributed by atoms with van der Waals surface area (Å²) in [5.74, 6) is -1.79. The van der Waals surface area contributed by atoms with Crippen LogP contribution in [0.3, 0.4) is 0 Å². The molecule has 0 saturated carbocycles. The Balaban J connectivity index is 2.10. The number of nitro groups is 1. The second kappa shape index (κ2) is 7.85. The summed E-state index contributed by atoms with van der Waals surface area (Å²) in [7, 11) is 1.17. The van der Waals surface area contributed by atoms with E-state index in [4.69, 9.17) is 4.74 Å². The van der Waals surface area contributed by atoms with Crippen molar-refractivity contribution >= 4 is 29.1 Å². The number of rotatable bonds is 4. The van der Waals surface area contributed by atoms with E-state index in [9.17, 15) is 24.8 Å². The predicted molar refractivity (Wildman–Crippen MR) is 104 cm³/mol. The second-order valence-electron chi connectivity index (χ2n) is 6.01. The van der Waals surface area contributed by atoms with Gasteiger partial charge in [0.05, 0.1) is 17.7 Å². The van der Waals surface area contributed by atoms with Crippen LogP contribution < -0.4 is 0 Å². The van der Waals surface area contributed by atoms with Crippen molar-refractivity contribution in [3.63, 3.8) is 0 Å². The third kappa shape index (κ3) is 3.79.